The van der Waals surface area contributed by atoms with Gasteiger partial charge >= 0.3 is 0 Å². The van der Waals surface area contributed by atoms with E-state index in [1.807, 2.05) is 13.8 Å². The summed E-state index contributed by atoms with van der Waals surface area (Å²) in [5.41, 5.74) is 0.428. The van der Waals surface area contributed by atoms with Gasteiger partial charge in [0, 0.05) is 34.3 Å². The second-order valence-electron chi connectivity index (χ2n) is 10.2. The van der Waals surface area contributed by atoms with Crippen LogP contribution in [0, 0.1) is 17.0 Å². The fraction of sp³-hybridized carbons (Fsp3) is 0.333. The van der Waals surface area contributed by atoms with E-state index in [1.165, 1.54) is 49.3 Å². The summed E-state index contributed by atoms with van der Waals surface area (Å²) in [5, 5.41) is 15.1. The molecule has 3 rings (SSSR count). The summed E-state index contributed by atoms with van der Waals surface area (Å²) in [6, 6.07) is 13.2. The van der Waals surface area contributed by atoms with Gasteiger partial charge in [-0.15, -0.1) is 0 Å². The summed E-state index contributed by atoms with van der Waals surface area (Å²) < 4.78 is 34.6. The van der Waals surface area contributed by atoms with Gasteiger partial charge in [-0.25, -0.2) is 8.42 Å². The predicted molar refractivity (Wildman–Crippen MR) is 170 cm³/mol. The lowest BCUT2D eigenvalue weighted by atomic mass is 10.1. The number of benzene rings is 3. The van der Waals surface area contributed by atoms with Crippen molar-refractivity contribution < 1.29 is 27.7 Å². The third-order valence-electron chi connectivity index (χ3n) is 7.09. The van der Waals surface area contributed by atoms with Crippen LogP contribution in [0.3, 0.4) is 0 Å². The Kier molecular flexibility index (Phi) is 11.6. The van der Waals surface area contributed by atoms with Crippen molar-refractivity contribution in [3.63, 3.8) is 0 Å². The molecule has 0 spiro atoms. The first-order valence-corrected chi connectivity index (χ1v) is 15.8. The molecule has 0 radical (unpaired) electrons. The highest BCUT2D eigenvalue weighted by Crippen LogP contribution is 2.36. The van der Waals surface area contributed by atoms with Gasteiger partial charge < -0.3 is 15.0 Å². The summed E-state index contributed by atoms with van der Waals surface area (Å²) in [7, 11) is -3.30. The maximum absolute atomic E-state index is 14.2. The Bertz CT molecular complexity index is 1630. The monoisotopic (exact) mass is 664 g/mol. The van der Waals surface area contributed by atoms with Gasteiger partial charge in [0.25, 0.3) is 15.7 Å². The Morgan fingerprint density at radius 2 is 1.66 bits per heavy atom. The number of halogens is 2. The number of nitrogens with one attached hydrogen (secondary N) is 1. The standard InChI is InChI=1S/C30H34Cl2N4O7S/c1-6-20(3)33-30(38)21(4)34(17-22-8-10-23(31)11-9-22)29(37)18-35(27-15-24(32)12-14-28(27)43-5)44(41,42)25-13-7-19(2)26(16-25)36(39)40/h7-16,20-21H,6,17-18H2,1-5H3,(H,33,38)/t20-,21-/m1/s1. The smallest absolute Gasteiger partial charge is 0.273 e. The summed E-state index contributed by atoms with van der Waals surface area (Å²) >= 11 is 12.3. The summed E-state index contributed by atoms with van der Waals surface area (Å²) in [5.74, 6) is -1.07. The van der Waals surface area contributed by atoms with E-state index in [-0.39, 0.29) is 34.6 Å². The Labute approximate surface area is 266 Å². The highest BCUT2D eigenvalue weighted by molar-refractivity contribution is 7.92. The molecule has 0 aliphatic rings. The van der Waals surface area contributed by atoms with Crippen molar-refractivity contribution in [2.45, 2.75) is 57.6 Å². The number of amides is 2. The van der Waals surface area contributed by atoms with Crippen LogP contribution in [0.2, 0.25) is 10.0 Å². The third kappa shape index (κ3) is 8.19. The quantitative estimate of drug-likeness (QED) is 0.181. The van der Waals surface area contributed by atoms with Gasteiger partial charge in [0.15, 0.2) is 0 Å². The molecule has 11 nitrogen and oxygen atoms in total. The molecule has 0 saturated carbocycles. The van der Waals surface area contributed by atoms with Crippen molar-refractivity contribution in [3.8, 4) is 5.75 Å². The zero-order chi connectivity index (χ0) is 32.8. The third-order valence-corrected chi connectivity index (χ3v) is 9.33. The molecule has 0 fully saturated rings. The van der Waals surface area contributed by atoms with Crippen LogP contribution in [0.15, 0.2) is 65.6 Å². The van der Waals surface area contributed by atoms with Crippen LogP contribution < -0.4 is 14.4 Å². The molecule has 0 aliphatic heterocycles. The summed E-state index contributed by atoms with van der Waals surface area (Å²) in [6.45, 7) is 5.94. The molecule has 236 valence electrons. The van der Waals surface area contributed by atoms with Crippen LogP contribution in [0.25, 0.3) is 0 Å². The molecule has 14 heteroatoms. The first-order valence-electron chi connectivity index (χ1n) is 13.6. The van der Waals surface area contributed by atoms with Crippen LogP contribution in [-0.2, 0) is 26.2 Å². The lowest BCUT2D eigenvalue weighted by Gasteiger charge is -2.33. The molecule has 3 aromatic rings. The van der Waals surface area contributed by atoms with Crippen molar-refractivity contribution >= 4 is 56.4 Å². The molecule has 2 amide bonds. The minimum Gasteiger partial charge on any atom is -0.495 e. The van der Waals surface area contributed by atoms with Gasteiger partial charge in [-0.3, -0.25) is 24.0 Å². The number of carbonyl (C=O) groups is 2. The summed E-state index contributed by atoms with van der Waals surface area (Å²) in [6.07, 6.45) is 0.660. The lowest BCUT2D eigenvalue weighted by Crippen LogP contribution is -2.52. The minimum absolute atomic E-state index is 0.0400. The first kappa shape index (κ1) is 34.6. The fourth-order valence-electron chi connectivity index (χ4n) is 4.28. The number of nitrogens with zero attached hydrogens (tertiary/aromatic N) is 3. The number of nitro benzene ring substituents is 1. The fourth-order valence-corrected chi connectivity index (χ4v) is 6.01. The molecule has 2 atom stereocenters. The molecule has 0 heterocycles. The molecule has 44 heavy (non-hydrogen) atoms. The molecule has 0 unspecified atom stereocenters. The SMILES string of the molecule is CC[C@@H](C)NC(=O)[C@@H](C)N(Cc1ccc(Cl)cc1)C(=O)CN(c1cc(Cl)ccc1OC)S(=O)(=O)c1ccc(C)c([N+](=O)[O-])c1. The molecule has 0 bridgehead atoms. The van der Waals surface area contributed by atoms with Crippen LogP contribution >= 0.6 is 23.2 Å². The van der Waals surface area contributed by atoms with Gasteiger partial charge in [0.2, 0.25) is 11.8 Å². The van der Waals surface area contributed by atoms with Gasteiger partial charge in [-0.1, -0.05) is 48.3 Å². The van der Waals surface area contributed by atoms with Crippen molar-refractivity contribution in [3.05, 3.63) is 92.0 Å². The number of hydrogen-bond donors (Lipinski definition) is 1. The van der Waals surface area contributed by atoms with Crippen LogP contribution in [0.4, 0.5) is 11.4 Å². The number of aryl methyl sites for hydroxylation is 1. The Morgan fingerprint density at radius 3 is 2.25 bits per heavy atom. The van der Waals surface area contributed by atoms with E-state index >= 15 is 0 Å². The molecule has 3 aromatic carbocycles. The first-order chi connectivity index (χ1) is 20.7. The second-order valence-corrected chi connectivity index (χ2v) is 12.9. The number of rotatable bonds is 13. The zero-order valence-corrected chi connectivity index (χ0v) is 27.2. The highest BCUT2D eigenvalue weighted by atomic mass is 35.5. The van der Waals surface area contributed by atoms with E-state index in [9.17, 15) is 28.1 Å². The molecule has 0 aromatic heterocycles. The van der Waals surface area contributed by atoms with E-state index in [2.05, 4.69) is 5.32 Å². The summed E-state index contributed by atoms with van der Waals surface area (Å²) in [4.78, 5) is 39.1. The highest BCUT2D eigenvalue weighted by Gasteiger charge is 2.35. The van der Waals surface area contributed by atoms with Gasteiger partial charge in [-0.2, -0.15) is 0 Å². The number of anilines is 1. The Hall–Kier alpha value is -3.87. The van der Waals surface area contributed by atoms with Crippen LogP contribution in [0.5, 0.6) is 5.75 Å². The largest absolute Gasteiger partial charge is 0.495 e. The van der Waals surface area contributed by atoms with Gasteiger partial charge in [0.1, 0.15) is 18.3 Å². The van der Waals surface area contributed by atoms with Crippen molar-refractivity contribution in [1.29, 1.82) is 0 Å². The Morgan fingerprint density at radius 1 is 1.02 bits per heavy atom. The number of hydrogen-bond acceptors (Lipinski definition) is 7. The molecular weight excluding hydrogens is 631 g/mol. The van der Waals surface area contributed by atoms with E-state index in [0.29, 0.717) is 17.0 Å². The molecular formula is C30H34Cl2N4O7S. The van der Waals surface area contributed by atoms with Crippen LogP contribution in [0.1, 0.15) is 38.3 Å². The number of nitro groups is 1. The Balaban J connectivity index is 2.15. The maximum Gasteiger partial charge on any atom is 0.273 e. The van der Waals surface area contributed by atoms with E-state index in [4.69, 9.17) is 27.9 Å². The molecule has 1 N–H and O–H groups in total. The molecule has 0 aliphatic carbocycles. The number of carbonyl (C=O) groups excluding carboxylic acids is 2. The van der Waals surface area contributed by atoms with E-state index in [0.717, 1.165) is 10.4 Å². The average molecular weight is 666 g/mol. The maximum atomic E-state index is 14.2. The molecule has 0 saturated heterocycles. The minimum atomic E-state index is -4.63. The van der Waals surface area contributed by atoms with Gasteiger partial charge in [-0.05, 0) is 69.2 Å². The lowest BCUT2D eigenvalue weighted by molar-refractivity contribution is -0.385. The predicted octanol–water partition coefficient (Wildman–Crippen LogP) is 5.75. The average Bonchev–Trinajstić information content (AvgIpc) is 2.98. The second kappa shape index (κ2) is 14.7. The number of ether oxygens (including phenoxy) is 1. The van der Waals surface area contributed by atoms with Crippen LogP contribution in [-0.4, -0.2) is 55.8 Å². The van der Waals surface area contributed by atoms with Crippen molar-refractivity contribution in [2.75, 3.05) is 18.0 Å². The van der Waals surface area contributed by atoms with E-state index < -0.39 is 49.9 Å². The number of methoxy groups -OCH3 is 1. The normalized spacial score (nSPS) is 12.6. The van der Waals surface area contributed by atoms with Crippen molar-refractivity contribution in [1.82, 2.24) is 10.2 Å². The number of sulfonamides is 1. The zero-order valence-electron chi connectivity index (χ0n) is 24.9. The van der Waals surface area contributed by atoms with Gasteiger partial charge in [0.05, 0.1) is 22.6 Å². The van der Waals surface area contributed by atoms with E-state index in [1.54, 1.807) is 31.2 Å². The topological polar surface area (TPSA) is 139 Å². The van der Waals surface area contributed by atoms with Crippen molar-refractivity contribution in [2.24, 2.45) is 0 Å².